The molecule has 0 spiro atoms. The van der Waals surface area contributed by atoms with E-state index in [4.69, 9.17) is 9.97 Å². The number of aromatic nitrogens is 2. The fourth-order valence-corrected chi connectivity index (χ4v) is 2.90. The van der Waals surface area contributed by atoms with E-state index < -0.39 is 0 Å². The van der Waals surface area contributed by atoms with E-state index in [0.717, 1.165) is 41.1 Å². The lowest BCUT2D eigenvalue weighted by molar-refractivity contribution is 0.665. The van der Waals surface area contributed by atoms with E-state index in [-0.39, 0.29) is 0 Å². The molecule has 1 aliphatic carbocycles. The van der Waals surface area contributed by atoms with Gasteiger partial charge in [-0.3, -0.25) is 0 Å². The Bertz CT molecular complexity index is 608. The summed E-state index contributed by atoms with van der Waals surface area (Å²) >= 11 is 3.46. The van der Waals surface area contributed by atoms with Gasteiger partial charge in [-0.1, -0.05) is 28.1 Å². The van der Waals surface area contributed by atoms with Crippen LogP contribution in [0.1, 0.15) is 31.0 Å². The van der Waals surface area contributed by atoms with E-state index in [2.05, 4.69) is 40.3 Å². The van der Waals surface area contributed by atoms with Crippen LogP contribution in [-0.4, -0.2) is 16.5 Å². The quantitative estimate of drug-likeness (QED) is 0.915. The Labute approximate surface area is 128 Å². The number of fused-ring (bicyclic) bond motifs is 1. The predicted molar refractivity (Wildman–Crippen MR) is 86.0 cm³/mol. The smallest absolute Gasteiger partial charge is 0.161 e. The van der Waals surface area contributed by atoms with Gasteiger partial charge >= 0.3 is 0 Å². The zero-order valence-corrected chi connectivity index (χ0v) is 13.2. The van der Waals surface area contributed by atoms with Crippen molar-refractivity contribution in [1.29, 1.82) is 0 Å². The van der Waals surface area contributed by atoms with Crippen molar-refractivity contribution in [2.75, 3.05) is 11.9 Å². The van der Waals surface area contributed by atoms with Crippen LogP contribution < -0.4 is 5.32 Å². The van der Waals surface area contributed by atoms with Gasteiger partial charge in [-0.2, -0.15) is 0 Å². The third-order valence-corrected chi connectivity index (χ3v) is 4.16. The second-order valence-electron chi connectivity index (χ2n) is 5.07. The molecule has 1 aliphatic rings. The molecule has 1 aromatic carbocycles. The predicted octanol–water partition coefficient (Wildman–Crippen LogP) is 4.22. The van der Waals surface area contributed by atoms with Crippen molar-refractivity contribution in [3.05, 3.63) is 40.0 Å². The van der Waals surface area contributed by atoms with Crippen molar-refractivity contribution >= 4 is 21.7 Å². The second-order valence-corrected chi connectivity index (χ2v) is 5.98. The molecule has 20 heavy (non-hydrogen) atoms. The van der Waals surface area contributed by atoms with Crippen molar-refractivity contribution < 1.29 is 0 Å². The monoisotopic (exact) mass is 331 g/mol. The summed E-state index contributed by atoms with van der Waals surface area (Å²) < 4.78 is 1.08. The van der Waals surface area contributed by atoms with Crippen LogP contribution in [0.2, 0.25) is 0 Å². The molecule has 0 fully saturated rings. The number of anilines is 1. The SMILES string of the molecule is CCNc1nc(-c2ccc(Br)cc2)nc2c1CCCC2. The number of nitrogens with zero attached hydrogens (tertiary/aromatic N) is 2. The Morgan fingerprint density at radius 3 is 2.60 bits per heavy atom. The highest BCUT2D eigenvalue weighted by Crippen LogP contribution is 2.28. The fraction of sp³-hybridized carbons (Fsp3) is 0.375. The van der Waals surface area contributed by atoms with Gasteiger partial charge in [0.1, 0.15) is 5.82 Å². The van der Waals surface area contributed by atoms with Gasteiger partial charge in [-0.25, -0.2) is 9.97 Å². The normalized spacial score (nSPS) is 13.9. The van der Waals surface area contributed by atoms with Crippen molar-refractivity contribution in [1.82, 2.24) is 9.97 Å². The van der Waals surface area contributed by atoms with E-state index in [9.17, 15) is 0 Å². The molecule has 2 aromatic rings. The zero-order valence-electron chi connectivity index (χ0n) is 11.6. The van der Waals surface area contributed by atoms with Gasteiger partial charge in [0.25, 0.3) is 0 Å². The van der Waals surface area contributed by atoms with Gasteiger partial charge < -0.3 is 5.32 Å². The number of rotatable bonds is 3. The van der Waals surface area contributed by atoms with Crippen LogP contribution in [-0.2, 0) is 12.8 Å². The van der Waals surface area contributed by atoms with Gasteiger partial charge in [0.15, 0.2) is 5.82 Å². The molecule has 0 saturated heterocycles. The number of aryl methyl sites for hydroxylation is 1. The van der Waals surface area contributed by atoms with Crippen molar-refractivity contribution in [2.24, 2.45) is 0 Å². The van der Waals surface area contributed by atoms with Gasteiger partial charge in [0.2, 0.25) is 0 Å². The van der Waals surface area contributed by atoms with Gasteiger partial charge in [0.05, 0.1) is 0 Å². The second kappa shape index (κ2) is 5.92. The van der Waals surface area contributed by atoms with Gasteiger partial charge in [-0.15, -0.1) is 0 Å². The molecular formula is C16H18BrN3. The standard InChI is InChI=1S/C16H18BrN3/c1-2-18-16-13-5-3-4-6-14(13)19-15(20-16)11-7-9-12(17)10-8-11/h7-10H,2-6H2,1H3,(H,18,19,20). The number of halogens is 1. The molecule has 4 heteroatoms. The van der Waals surface area contributed by atoms with Crippen LogP contribution in [0.5, 0.6) is 0 Å². The zero-order chi connectivity index (χ0) is 13.9. The van der Waals surface area contributed by atoms with E-state index in [1.54, 1.807) is 0 Å². The maximum absolute atomic E-state index is 4.79. The minimum atomic E-state index is 0.828. The first-order valence-electron chi connectivity index (χ1n) is 7.17. The molecule has 0 aliphatic heterocycles. The molecular weight excluding hydrogens is 314 g/mol. The van der Waals surface area contributed by atoms with Crippen molar-refractivity contribution in [3.8, 4) is 11.4 Å². The van der Waals surface area contributed by atoms with E-state index in [1.165, 1.54) is 24.1 Å². The highest BCUT2D eigenvalue weighted by molar-refractivity contribution is 9.10. The van der Waals surface area contributed by atoms with Gasteiger partial charge in [-0.05, 0) is 44.7 Å². The molecule has 1 aromatic heterocycles. The van der Waals surface area contributed by atoms with Crippen molar-refractivity contribution in [3.63, 3.8) is 0 Å². The number of hydrogen-bond donors (Lipinski definition) is 1. The van der Waals surface area contributed by atoms with Crippen LogP contribution in [0.3, 0.4) is 0 Å². The molecule has 1 heterocycles. The summed E-state index contributed by atoms with van der Waals surface area (Å²) in [6.07, 6.45) is 4.64. The number of nitrogens with one attached hydrogen (secondary N) is 1. The van der Waals surface area contributed by atoms with Crippen LogP contribution in [0.15, 0.2) is 28.7 Å². The lowest BCUT2D eigenvalue weighted by Crippen LogP contribution is -2.13. The Morgan fingerprint density at radius 2 is 1.85 bits per heavy atom. The molecule has 104 valence electrons. The summed E-state index contributed by atoms with van der Waals surface area (Å²) in [5.74, 6) is 1.85. The maximum Gasteiger partial charge on any atom is 0.161 e. The highest BCUT2D eigenvalue weighted by Gasteiger charge is 2.17. The van der Waals surface area contributed by atoms with Gasteiger partial charge in [0, 0.05) is 27.8 Å². The average Bonchev–Trinajstić information content (AvgIpc) is 2.48. The molecule has 0 amide bonds. The van der Waals surface area contributed by atoms with E-state index in [1.807, 2.05) is 12.1 Å². The fourth-order valence-electron chi connectivity index (χ4n) is 2.64. The highest BCUT2D eigenvalue weighted by atomic mass is 79.9. The van der Waals surface area contributed by atoms with Crippen LogP contribution >= 0.6 is 15.9 Å². The van der Waals surface area contributed by atoms with E-state index in [0.29, 0.717) is 0 Å². The molecule has 0 saturated carbocycles. The Kier molecular flexibility index (Phi) is 4.01. The Hall–Kier alpha value is -1.42. The minimum absolute atomic E-state index is 0.828. The number of benzene rings is 1. The molecule has 3 nitrogen and oxygen atoms in total. The lowest BCUT2D eigenvalue weighted by atomic mass is 9.96. The molecule has 0 atom stereocenters. The first-order valence-corrected chi connectivity index (χ1v) is 7.97. The largest absolute Gasteiger partial charge is 0.370 e. The Balaban J connectivity index is 2.07. The lowest BCUT2D eigenvalue weighted by Gasteiger charge is -2.19. The Morgan fingerprint density at radius 1 is 1.10 bits per heavy atom. The molecule has 0 radical (unpaired) electrons. The average molecular weight is 332 g/mol. The summed E-state index contributed by atoms with van der Waals surface area (Å²) in [6.45, 7) is 3.00. The van der Waals surface area contributed by atoms with Crippen molar-refractivity contribution in [2.45, 2.75) is 32.6 Å². The van der Waals surface area contributed by atoms with Crippen LogP contribution in [0.25, 0.3) is 11.4 Å². The minimum Gasteiger partial charge on any atom is -0.370 e. The number of hydrogen-bond acceptors (Lipinski definition) is 3. The van der Waals surface area contributed by atoms with Crippen LogP contribution in [0.4, 0.5) is 5.82 Å². The summed E-state index contributed by atoms with van der Waals surface area (Å²) in [4.78, 5) is 9.53. The summed E-state index contributed by atoms with van der Waals surface area (Å²) in [6, 6.07) is 8.19. The summed E-state index contributed by atoms with van der Waals surface area (Å²) in [5.41, 5.74) is 3.61. The summed E-state index contributed by atoms with van der Waals surface area (Å²) in [5, 5.41) is 3.40. The van der Waals surface area contributed by atoms with E-state index >= 15 is 0 Å². The molecule has 0 bridgehead atoms. The third kappa shape index (κ3) is 2.70. The molecule has 0 unspecified atom stereocenters. The van der Waals surface area contributed by atoms with Crippen LogP contribution in [0, 0.1) is 0 Å². The summed E-state index contributed by atoms with van der Waals surface area (Å²) in [7, 11) is 0. The topological polar surface area (TPSA) is 37.8 Å². The third-order valence-electron chi connectivity index (χ3n) is 3.63. The molecule has 1 N–H and O–H groups in total. The molecule has 3 rings (SSSR count). The first-order chi connectivity index (χ1) is 9.78. The first kappa shape index (κ1) is 13.6. The maximum atomic E-state index is 4.79.